The van der Waals surface area contributed by atoms with E-state index in [1.807, 2.05) is 30.3 Å². The molecule has 0 atom stereocenters. The predicted molar refractivity (Wildman–Crippen MR) is 85.7 cm³/mol. The number of hydrogen-bond donors (Lipinski definition) is 1. The molecule has 112 valence electrons. The summed E-state index contributed by atoms with van der Waals surface area (Å²) in [6, 6.07) is 13.1. The van der Waals surface area contributed by atoms with Gasteiger partial charge in [0.25, 0.3) is 0 Å². The molecule has 21 heavy (non-hydrogen) atoms. The maximum Gasteiger partial charge on any atom is 0.240 e. The smallest absolute Gasteiger partial charge is 0.211 e. The predicted octanol–water partition coefficient (Wildman–Crippen LogP) is 3.70. The fourth-order valence-electron chi connectivity index (χ4n) is 3.04. The SMILES string of the molecule is O=S(=O)(NCC1CCCCC1)c1ccc2ccccc2c1. The van der Waals surface area contributed by atoms with Crippen LogP contribution in [-0.2, 0) is 10.0 Å². The van der Waals surface area contributed by atoms with Crippen LogP contribution in [0, 0.1) is 5.92 Å². The fraction of sp³-hybridized carbons (Fsp3) is 0.412. The van der Waals surface area contributed by atoms with Crippen LogP contribution < -0.4 is 4.72 Å². The number of nitrogens with one attached hydrogen (secondary N) is 1. The first kappa shape index (κ1) is 14.5. The van der Waals surface area contributed by atoms with E-state index in [9.17, 15) is 8.42 Å². The van der Waals surface area contributed by atoms with E-state index in [2.05, 4.69) is 4.72 Å². The lowest BCUT2D eigenvalue weighted by atomic mass is 9.90. The number of rotatable bonds is 4. The van der Waals surface area contributed by atoms with Gasteiger partial charge in [0.05, 0.1) is 4.90 Å². The molecule has 0 heterocycles. The standard InChI is InChI=1S/C17H21NO2S/c19-21(20,18-13-14-6-2-1-3-7-14)17-11-10-15-8-4-5-9-16(15)12-17/h4-5,8-12,14,18H,1-3,6-7,13H2. The van der Waals surface area contributed by atoms with Crippen LogP contribution in [0.15, 0.2) is 47.4 Å². The van der Waals surface area contributed by atoms with E-state index in [1.54, 1.807) is 12.1 Å². The molecule has 0 bridgehead atoms. The molecule has 4 heteroatoms. The van der Waals surface area contributed by atoms with Crippen molar-refractivity contribution in [3.63, 3.8) is 0 Å². The van der Waals surface area contributed by atoms with Gasteiger partial charge in [0.1, 0.15) is 0 Å². The van der Waals surface area contributed by atoms with E-state index in [0.29, 0.717) is 17.4 Å². The molecular weight excluding hydrogens is 282 g/mol. The highest BCUT2D eigenvalue weighted by molar-refractivity contribution is 7.89. The Labute approximate surface area is 126 Å². The minimum atomic E-state index is -3.40. The third-order valence-electron chi connectivity index (χ3n) is 4.32. The molecule has 0 spiro atoms. The third kappa shape index (κ3) is 3.44. The number of sulfonamides is 1. The van der Waals surface area contributed by atoms with E-state index in [-0.39, 0.29) is 0 Å². The first-order chi connectivity index (χ1) is 10.1. The van der Waals surface area contributed by atoms with E-state index in [4.69, 9.17) is 0 Å². The van der Waals surface area contributed by atoms with Crippen molar-refractivity contribution in [1.29, 1.82) is 0 Å². The lowest BCUT2D eigenvalue weighted by molar-refractivity contribution is 0.357. The average Bonchev–Trinajstić information content (AvgIpc) is 2.53. The highest BCUT2D eigenvalue weighted by Crippen LogP contribution is 2.24. The van der Waals surface area contributed by atoms with Crippen molar-refractivity contribution in [3.8, 4) is 0 Å². The van der Waals surface area contributed by atoms with Gasteiger partial charge in [-0.1, -0.05) is 49.6 Å². The second kappa shape index (κ2) is 6.16. The fourth-order valence-corrected chi connectivity index (χ4v) is 4.19. The van der Waals surface area contributed by atoms with Crippen molar-refractivity contribution in [3.05, 3.63) is 42.5 Å². The molecule has 3 rings (SSSR count). The number of benzene rings is 2. The molecule has 1 fully saturated rings. The quantitative estimate of drug-likeness (QED) is 0.936. The molecule has 1 aliphatic rings. The largest absolute Gasteiger partial charge is 0.240 e. The molecule has 3 nitrogen and oxygen atoms in total. The van der Waals surface area contributed by atoms with Gasteiger partial charge in [0.15, 0.2) is 0 Å². The summed E-state index contributed by atoms with van der Waals surface area (Å²) in [7, 11) is -3.40. The molecule has 0 unspecified atom stereocenters. The maximum absolute atomic E-state index is 12.4. The highest BCUT2D eigenvalue weighted by Gasteiger charge is 2.18. The summed E-state index contributed by atoms with van der Waals surface area (Å²) in [5.74, 6) is 0.494. The first-order valence-electron chi connectivity index (χ1n) is 7.64. The average molecular weight is 303 g/mol. The van der Waals surface area contributed by atoms with Crippen LogP contribution in [0.3, 0.4) is 0 Å². The number of fused-ring (bicyclic) bond motifs is 1. The topological polar surface area (TPSA) is 46.2 Å². The molecule has 0 aliphatic heterocycles. The van der Waals surface area contributed by atoms with Gasteiger partial charge in [0, 0.05) is 6.54 Å². The van der Waals surface area contributed by atoms with E-state index < -0.39 is 10.0 Å². The molecule has 0 aromatic heterocycles. The highest BCUT2D eigenvalue weighted by atomic mass is 32.2. The Hall–Kier alpha value is -1.39. The minimum absolute atomic E-state index is 0.358. The summed E-state index contributed by atoms with van der Waals surface area (Å²) in [6.07, 6.45) is 6.01. The molecule has 1 aliphatic carbocycles. The minimum Gasteiger partial charge on any atom is -0.211 e. The van der Waals surface area contributed by atoms with Crippen LogP contribution in [0.25, 0.3) is 10.8 Å². The van der Waals surface area contributed by atoms with Gasteiger partial charge in [0.2, 0.25) is 10.0 Å². The molecule has 1 saturated carbocycles. The lowest BCUT2D eigenvalue weighted by Gasteiger charge is -2.21. The summed E-state index contributed by atoms with van der Waals surface area (Å²) >= 11 is 0. The Bertz CT molecular complexity index is 718. The molecule has 0 radical (unpaired) electrons. The second-order valence-corrected chi connectivity index (χ2v) is 7.63. The first-order valence-corrected chi connectivity index (χ1v) is 9.12. The van der Waals surface area contributed by atoms with Crippen molar-refractivity contribution in [2.75, 3.05) is 6.54 Å². The maximum atomic E-state index is 12.4. The Morgan fingerprint density at radius 1 is 0.952 bits per heavy atom. The van der Waals surface area contributed by atoms with Crippen molar-refractivity contribution in [1.82, 2.24) is 4.72 Å². The zero-order valence-electron chi connectivity index (χ0n) is 12.1. The third-order valence-corrected chi connectivity index (χ3v) is 5.74. The molecule has 1 N–H and O–H groups in total. The molecule has 2 aromatic carbocycles. The van der Waals surface area contributed by atoms with E-state index >= 15 is 0 Å². The van der Waals surface area contributed by atoms with Crippen LogP contribution in [0.5, 0.6) is 0 Å². The van der Waals surface area contributed by atoms with Crippen molar-refractivity contribution >= 4 is 20.8 Å². The van der Waals surface area contributed by atoms with Crippen LogP contribution in [0.4, 0.5) is 0 Å². The molecule has 0 amide bonds. The summed E-state index contributed by atoms with van der Waals surface area (Å²) in [5.41, 5.74) is 0. The summed E-state index contributed by atoms with van der Waals surface area (Å²) in [6.45, 7) is 0.565. The normalized spacial score (nSPS) is 17.1. The van der Waals surface area contributed by atoms with Crippen molar-refractivity contribution in [2.45, 2.75) is 37.0 Å². The monoisotopic (exact) mass is 303 g/mol. The van der Waals surface area contributed by atoms with Gasteiger partial charge >= 0.3 is 0 Å². The molecular formula is C17H21NO2S. The lowest BCUT2D eigenvalue weighted by Crippen LogP contribution is -2.30. The van der Waals surface area contributed by atoms with Gasteiger partial charge in [-0.3, -0.25) is 0 Å². The van der Waals surface area contributed by atoms with Crippen molar-refractivity contribution in [2.24, 2.45) is 5.92 Å². The second-order valence-electron chi connectivity index (χ2n) is 5.86. The Balaban J connectivity index is 1.76. The molecule has 2 aromatic rings. The zero-order valence-corrected chi connectivity index (χ0v) is 12.9. The van der Waals surface area contributed by atoms with Crippen molar-refractivity contribution < 1.29 is 8.42 Å². The van der Waals surface area contributed by atoms with Gasteiger partial charge in [-0.05, 0) is 41.7 Å². The summed E-state index contributed by atoms with van der Waals surface area (Å²) in [4.78, 5) is 0.358. The summed E-state index contributed by atoms with van der Waals surface area (Å²) in [5, 5.41) is 2.02. The Morgan fingerprint density at radius 2 is 1.67 bits per heavy atom. The van der Waals surface area contributed by atoms with Gasteiger partial charge in [-0.2, -0.15) is 0 Å². The van der Waals surface area contributed by atoms with E-state index in [1.165, 1.54) is 19.3 Å². The van der Waals surface area contributed by atoms with Gasteiger partial charge < -0.3 is 0 Å². The van der Waals surface area contributed by atoms with Gasteiger partial charge in [-0.15, -0.1) is 0 Å². The summed E-state index contributed by atoms with van der Waals surface area (Å²) < 4.78 is 27.6. The van der Waals surface area contributed by atoms with E-state index in [0.717, 1.165) is 23.6 Å². The van der Waals surface area contributed by atoms with Crippen LogP contribution >= 0.6 is 0 Å². The van der Waals surface area contributed by atoms with Crippen LogP contribution in [0.1, 0.15) is 32.1 Å². The van der Waals surface area contributed by atoms with Gasteiger partial charge in [-0.25, -0.2) is 13.1 Å². The Kier molecular flexibility index (Phi) is 4.27. The zero-order chi connectivity index (χ0) is 14.7. The molecule has 0 saturated heterocycles. The Morgan fingerprint density at radius 3 is 2.43 bits per heavy atom. The number of hydrogen-bond acceptors (Lipinski definition) is 2. The van der Waals surface area contributed by atoms with Crippen LogP contribution in [0.2, 0.25) is 0 Å². The van der Waals surface area contributed by atoms with Crippen LogP contribution in [-0.4, -0.2) is 15.0 Å².